The second-order valence-corrected chi connectivity index (χ2v) is 2.48. The van der Waals surface area contributed by atoms with Crippen LogP contribution >= 0.6 is 0 Å². The minimum absolute atomic E-state index is 0.463. The number of rotatable bonds is 3. The van der Waals surface area contributed by atoms with Crippen LogP contribution in [-0.2, 0) is 24.5 Å². The van der Waals surface area contributed by atoms with E-state index in [4.69, 9.17) is 5.26 Å². The Labute approximate surface area is 74.9 Å². The molecule has 0 aliphatic heterocycles. The first-order valence-corrected chi connectivity index (χ1v) is 4.08. The van der Waals surface area contributed by atoms with Crippen LogP contribution in [0.1, 0.15) is 0 Å². The van der Waals surface area contributed by atoms with Crippen LogP contribution in [0.25, 0.3) is 0 Å². The highest BCUT2D eigenvalue weighted by molar-refractivity contribution is 7.68. The van der Waals surface area contributed by atoms with E-state index in [9.17, 15) is 4.21 Å². The number of hydrogen-bond donors (Lipinski definition) is 1. The molecule has 1 aromatic heterocycles. The zero-order valence-corrected chi connectivity index (χ0v) is 7.05. The van der Waals surface area contributed by atoms with Crippen LogP contribution < -0.4 is 4.16 Å². The van der Waals surface area contributed by atoms with Gasteiger partial charge in [-0.15, -0.1) is 0 Å². The maximum absolute atomic E-state index is 10.5. The van der Waals surface area contributed by atoms with E-state index < -0.39 is 10.9 Å². The van der Waals surface area contributed by atoms with Gasteiger partial charge in [0.15, 0.2) is 0 Å². The molecule has 0 aromatic carbocycles. The Bertz CT molecular complexity index is 369. The second kappa shape index (κ2) is 5.36. The van der Waals surface area contributed by atoms with Gasteiger partial charge in [0.25, 0.3) is 10.9 Å². The highest BCUT2D eigenvalue weighted by Crippen LogP contribution is 2.05. The Morgan fingerprint density at radius 3 is 2.85 bits per heavy atom. The topological polar surface area (TPSA) is 95.1 Å². The lowest BCUT2D eigenvalue weighted by Crippen LogP contribution is -1.86. The molecular weight excluding hydrogens is 198 g/mol. The molecule has 0 spiro atoms. The quantitative estimate of drug-likeness (QED) is 0.256. The zero-order chi connectivity index (χ0) is 9.52. The molecule has 13 heavy (non-hydrogen) atoms. The summed E-state index contributed by atoms with van der Waals surface area (Å²) in [6, 6.07) is 3.11. The molecule has 0 atom stereocenters. The third kappa shape index (κ3) is 3.74. The Hall–Kier alpha value is -1.31. The van der Waals surface area contributed by atoms with Gasteiger partial charge in [0.05, 0.1) is 0 Å². The third-order valence-electron chi connectivity index (χ3n) is 0.974. The molecule has 0 radical (unpaired) electrons. The van der Waals surface area contributed by atoms with E-state index in [-0.39, 0.29) is 0 Å². The van der Waals surface area contributed by atoms with Crippen LogP contribution in [-0.4, -0.2) is 10.2 Å². The summed E-state index contributed by atoms with van der Waals surface area (Å²) < 4.78 is 17.4. The molecular formula is C5H5N3O4S. The summed E-state index contributed by atoms with van der Waals surface area (Å²) in [6.45, 7) is 0. The van der Waals surface area contributed by atoms with Crippen molar-refractivity contribution in [1.29, 1.82) is 0 Å². The van der Waals surface area contributed by atoms with Gasteiger partial charge < -0.3 is 4.21 Å². The van der Waals surface area contributed by atoms with E-state index in [1.165, 1.54) is 12.4 Å². The molecule has 1 heterocycles. The van der Waals surface area contributed by atoms with Gasteiger partial charge in [-0.2, -0.15) is 0 Å². The lowest BCUT2D eigenvalue weighted by atomic mass is 10.4. The van der Waals surface area contributed by atoms with Crippen LogP contribution in [0.2, 0.25) is 0 Å². The van der Waals surface area contributed by atoms with Crippen molar-refractivity contribution in [2.45, 2.75) is 0 Å². The predicted octanol–water partition coefficient (Wildman–Crippen LogP) is 0.716. The lowest BCUT2D eigenvalue weighted by molar-refractivity contribution is -0.434. The molecule has 0 aliphatic carbocycles. The molecule has 0 saturated heterocycles. The van der Waals surface area contributed by atoms with Crippen LogP contribution in [0, 0.1) is 0 Å². The summed E-state index contributed by atoms with van der Waals surface area (Å²) in [7, 11) is -2.15. The molecule has 1 rings (SSSR count). The molecule has 0 saturated carbocycles. The van der Waals surface area contributed by atoms with Crippen molar-refractivity contribution >= 4 is 16.6 Å². The standard InChI is InChI=1S/C5H5N3O4S/c9-11-12-13(10)8-7-5-1-3-6-4-2-5/h1-4,9H. The van der Waals surface area contributed by atoms with E-state index in [0.717, 1.165) is 0 Å². The Morgan fingerprint density at radius 1 is 1.54 bits per heavy atom. The van der Waals surface area contributed by atoms with Crippen molar-refractivity contribution in [3.63, 3.8) is 0 Å². The van der Waals surface area contributed by atoms with Crippen LogP contribution in [0.5, 0.6) is 0 Å². The molecule has 0 amide bonds. The van der Waals surface area contributed by atoms with Gasteiger partial charge in [0.1, 0.15) is 10.8 Å². The van der Waals surface area contributed by atoms with Crippen molar-refractivity contribution in [3.05, 3.63) is 24.5 Å². The Kier molecular flexibility index (Phi) is 4.03. The average molecular weight is 203 g/mol. The van der Waals surface area contributed by atoms with Crippen LogP contribution in [0.15, 0.2) is 29.6 Å². The average Bonchev–Trinajstić information content (AvgIpc) is 2.17. The summed E-state index contributed by atoms with van der Waals surface area (Å²) >= 11 is 0. The fourth-order valence-electron chi connectivity index (χ4n) is 0.531. The molecule has 8 heteroatoms. The molecule has 1 N–H and O–H groups in total. The zero-order valence-electron chi connectivity index (χ0n) is 6.23. The number of pyridine rings is 1. The predicted molar refractivity (Wildman–Crippen MR) is 41.3 cm³/mol. The van der Waals surface area contributed by atoms with Gasteiger partial charge in [0, 0.05) is 12.4 Å². The summed E-state index contributed by atoms with van der Waals surface area (Å²) in [6.07, 6.45) is 3.00. The van der Waals surface area contributed by atoms with Crippen molar-refractivity contribution in [2.75, 3.05) is 0 Å². The van der Waals surface area contributed by atoms with E-state index in [2.05, 4.69) is 23.6 Å². The van der Waals surface area contributed by atoms with Gasteiger partial charge in [-0.3, -0.25) is 4.98 Å². The third-order valence-corrected chi connectivity index (χ3v) is 1.37. The molecule has 1 aromatic rings. The highest BCUT2D eigenvalue weighted by Gasteiger charge is 1.89. The molecule has 0 aliphatic rings. The first kappa shape index (κ1) is 9.78. The fraction of sp³-hybridized carbons (Fsp3) is 0. The number of nitrogens with zero attached hydrogens (tertiary/aromatic N) is 3. The van der Waals surface area contributed by atoms with Gasteiger partial charge in [-0.25, -0.2) is 9.59 Å². The van der Waals surface area contributed by atoms with Gasteiger partial charge in [0.2, 0.25) is 0 Å². The molecule has 0 fully saturated rings. The Morgan fingerprint density at radius 2 is 2.23 bits per heavy atom. The van der Waals surface area contributed by atoms with Crippen molar-refractivity contribution in [1.82, 2.24) is 9.14 Å². The molecule has 70 valence electrons. The largest absolute Gasteiger partial charge is 0.349 e. The number of aromatic nitrogens is 1. The molecule has 7 nitrogen and oxygen atoms in total. The van der Waals surface area contributed by atoms with Crippen molar-refractivity contribution in [2.24, 2.45) is 5.11 Å². The van der Waals surface area contributed by atoms with Gasteiger partial charge in [-0.1, -0.05) is 5.04 Å². The summed E-state index contributed by atoms with van der Waals surface area (Å²) in [5, 5.41) is 14.3. The van der Waals surface area contributed by atoms with E-state index in [0.29, 0.717) is 5.69 Å². The maximum atomic E-state index is 10.5. The second-order valence-electron chi connectivity index (χ2n) is 1.75. The maximum Gasteiger partial charge on any atom is 0.297 e. The normalized spacial score (nSPS) is 9.69. The molecule has 0 bridgehead atoms. The molecule has 0 unspecified atom stereocenters. The van der Waals surface area contributed by atoms with Crippen LogP contribution in [0.4, 0.5) is 5.69 Å². The van der Waals surface area contributed by atoms with Crippen molar-refractivity contribution in [3.8, 4) is 0 Å². The van der Waals surface area contributed by atoms with Gasteiger partial charge in [-0.05, 0) is 16.3 Å². The van der Waals surface area contributed by atoms with Crippen LogP contribution in [0.3, 0.4) is 0 Å². The fourth-order valence-corrected chi connectivity index (χ4v) is 0.771. The Balaban J connectivity index is 2.79. The van der Waals surface area contributed by atoms with Gasteiger partial charge >= 0.3 is 0 Å². The first-order valence-electron chi connectivity index (χ1n) is 3.05. The highest BCUT2D eigenvalue weighted by atomic mass is 32.2. The number of hydrogen-bond acceptors (Lipinski definition) is 7. The van der Waals surface area contributed by atoms with E-state index in [1.54, 1.807) is 12.1 Å². The SMILES string of the molecule is O=[S-](=[N+]=Nc1ccncc1)OOO. The minimum atomic E-state index is -2.15. The summed E-state index contributed by atoms with van der Waals surface area (Å²) in [5.74, 6) is 0. The smallest absolute Gasteiger partial charge is 0.297 e. The monoisotopic (exact) mass is 203 g/mol. The summed E-state index contributed by atoms with van der Waals surface area (Å²) in [4.78, 5) is 3.74. The summed E-state index contributed by atoms with van der Waals surface area (Å²) in [5.41, 5.74) is 0.463. The lowest BCUT2D eigenvalue weighted by Gasteiger charge is -1.83. The van der Waals surface area contributed by atoms with E-state index >= 15 is 0 Å². The van der Waals surface area contributed by atoms with Crippen molar-refractivity contribution < 1.29 is 18.8 Å². The minimum Gasteiger partial charge on any atom is -0.349 e. The first-order chi connectivity index (χ1) is 6.33. The van der Waals surface area contributed by atoms with E-state index in [1.807, 2.05) is 0 Å².